The normalized spacial score (nSPS) is 13.1. The molecule has 0 aromatic heterocycles. The highest BCUT2D eigenvalue weighted by Crippen LogP contribution is 2.35. The lowest BCUT2D eigenvalue weighted by molar-refractivity contribution is 0.834. The van der Waals surface area contributed by atoms with E-state index in [1.165, 1.54) is 16.7 Å². The molecular formula is C26H36N2. The second-order valence-electron chi connectivity index (χ2n) is 8.68. The number of rotatable bonds is 7. The van der Waals surface area contributed by atoms with Crippen molar-refractivity contribution >= 4 is 22.8 Å². The van der Waals surface area contributed by atoms with Crippen LogP contribution in [0.2, 0.25) is 0 Å². The van der Waals surface area contributed by atoms with Gasteiger partial charge < -0.3 is 0 Å². The van der Waals surface area contributed by atoms with Gasteiger partial charge in [0.2, 0.25) is 0 Å². The molecule has 0 amide bonds. The van der Waals surface area contributed by atoms with E-state index >= 15 is 0 Å². The molecule has 0 aliphatic heterocycles. The Morgan fingerprint density at radius 1 is 0.643 bits per heavy atom. The fourth-order valence-electron chi connectivity index (χ4n) is 3.56. The Balaban J connectivity index is 2.35. The fourth-order valence-corrected chi connectivity index (χ4v) is 3.56. The van der Waals surface area contributed by atoms with E-state index in [1.807, 2.05) is 0 Å². The molecule has 0 spiro atoms. The van der Waals surface area contributed by atoms with Crippen molar-refractivity contribution in [3.8, 4) is 0 Å². The number of para-hydroxylation sites is 2. The van der Waals surface area contributed by atoms with E-state index in [-0.39, 0.29) is 0 Å². The smallest absolute Gasteiger partial charge is 0.0698 e. The monoisotopic (exact) mass is 376 g/mol. The maximum Gasteiger partial charge on any atom is 0.0698 e. The van der Waals surface area contributed by atoms with Crippen molar-refractivity contribution in [1.82, 2.24) is 0 Å². The third-order valence-corrected chi connectivity index (χ3v) is 5.03. The molecule has 2 aromatic carbocycles. The van der Waals surface area contributed by atoms with Gasteiger partial charge in [0.05, 0.1) is 11.4 Å². The fraction of sp³-hybridized carbons (Fsp3) is 0.462. The van der Waals surface area contributed by atoms with Crippen LogP contribution in [0.3, 0.4) is 0 Å². The van der Waals surface area contributed by atoms with Gasteiger partial charge in [-0.25, -0.2) is 0 Å². The molecule has 0 atom stereocenters. The highest BCUT2D eigenvalue weighted by atomic mass is 14.8. The second kappa shape index (κ2) is 9.82. The third-order valence-electron chi connectivity index (χ3n) is 5.03. The summed E-state index contributed by atoms with van der Waals surface area (Å²) in [7, 11) is 0. The lowest BCUT2D eigenvalue weighted by Gasteiger charge is -2.17. The summed E-state index contributed by atoms with van der Waals surface area (Å²) in [5.41, 5.74) is 8.38. The predicted molar refractivity (Wildman–Crippen MR) is 125 cm³/mol. The topological polar surface area (TPSA) is 24.7 Å². The Labute approximate surface area is 171 Å². The van der Waals surface area contributed by atoms with Crippen LogP contribution in [-0.4, -0.2) is 11.4 Å². The second-order valence-corrected chi connectivity index (χ2v) is 8.68. The first-order valence-corrected chi connectivity index (χ1v) is 10.5. The summed E-state index contributed by atoms with van der Waals surface area (Å²) in [5.74, 6) is 1.38. The summed E-state index contributed by atoms with van der Waals surface area (Å²) in [4.78, 5) is 9.99. The molecule has 0 saturated heterocycles. The zero-order valence-corrected chi connectivity index (χ0v) is 18.9. The molecule has 0 fully saturated rings. The first-order valence-electron chi connectivity index (χ1n) is 10.5. The predicted octanol–water partition coefficient (Wildman–Crippen LogP) is 8.33. The maximum absolute atomic E-state index is 5.08. The van der Waals surface area contributed by atoms with Crippen molar-refractivity contribution in [2.75, 3.05) is 0 Å². The molecule has 0 aliphatic rings. The minimum Gasteiger partial charge on any atom is -0.257 e. The van der Waals surface area contributed by atoms with Gasteiger partial charge in [-0.2, -0.15) is 0 Å². The van der Waals surface area contributed by atoms with E-state index in [0.29, 0.717) is 17.8 Å². The minimum absolute atomic E-state index is 0.456. The molecule has 2 rings (SSSR count). The summed E-state index contributed by atoms with van der Waals surface area (Å²) in [6.45, 7) is 17.6. The van der Waals surface area contributed by atoms with Crippen LogP contribution in [0.4, 0.5) is 11.4 Å². The van der Waals surface area contributed by atoms with Crippen molar-refractivity contribution in [1.29, 1.82) is 0 Å². The van der Waals surface area contributed by atoms with Gasteiger partial charge in [-0.1, -0.05) is 77.9 Å². The Hall–Kier alpha value is -2.22. The minimum atomic E-state index is 0.456. The first kappa shape index (κ1) is 22.1. The molecule has 0 heterocycles. The molecule has 0 unspecified atom stereocenters. The SMILES string of the molecule is CC(CC(C)=Nc1c(C(C)C)cccc1C(C)C)=Nc1ccccc1C(C)C. The third kappa shape index (κ3) is 5.64. The van der Waals surface area contributed by atoms with Crippen molar-refractivity contribution in [2.45, 2.75) is 79.6 Å². The zero-order valence-electron chi connectivity index (χ0n) is 18.9. The number of aliphatic imine (C=N–C) groups is 2. The van der Waals surface area contributed by atoms with Crippen LogP contribution in [0.15, 0.2) is 52.4 Å². The average Bonchev–Trinajstić information content (AvgIpc) is 2.61. The molecule has 0 aliphatic carbocycles. The van der Waals surface area contributed by atoms with Crippen molar-refractivity contribution in [3.05, 3.63) is 59.2 Å². The summed E-state index contributed by atoms with van der Waals surface area (Å²) in [5, 5.41) is 0. The largest absolute Gasteiger partial charge is 0.257 e. The van der Waals surface area contributed by atoms with E-state index in [9.17, 15) is 0 Å². The van der Waals surface area contributed by atoms with Gasteiger partial charge in [0, 0.05) is 17.8 Å². The van der Waals surface area contributed by atoms with Crippen LogP contribution in [0, 0.1) is 0 Å². The summed E-state index contributed by atoms with van der Waals surface area (Å²) >= 11 is 0. The van der Waals surface area contributed by atoms with E-state index < -0.39 is 0 Å². The summed E-state index contributed by atoms with van der Waals surface area (Å²) in [6, 6.07) is 15.0. The molecule has 150 valence electrons. The van der Waals surface area contributed by atoms with E-state index in [1.54, 1.807) is 0 Å². The van der Waals surface area contributed by atoms with Gasteiger partial charge in [0.1, 0.15) is 0 Å². The standard InChI is InChI=1S/C26H36N2/c1-17(2)22-12-9-10-15-25(22)27-20(7)16-21(8)28-26-23(18(3)4)13-11-14-24(26)19(5)6/h9-15,17-19H,16H2,1-8H3. The number of nitrogens with zero attached hydrogens (tertiary/aromatic N) is 2. The van der Waals surface area contributed by atoms with Crippen LogP contribution in [-0.2, 0) is 0 Å². The lowest BCUT2D eigenvalue weighted by Crippen LogP contribution is -2.03. The Morgan fingerprint density at radius 3 is 1.64 bits per heavy atom. The lowest BCUT2D eigenvalue weighted by atomic mass is 9.93. The van der Waals surface area contributed by atoms with E-state index in [2.05, 4.69) is 97.9 Å². The first-order chi connectivity index (χ1) is 13.2. The molecule has 0 radical (unpaired) electrons. The Kier molecular flexibility index (Phi) is 7.74. The number of benzene rings is 2. The quantitative estimate of drug-likeness (QED) is 0.434. The molecule has 0 saturated carbocycles. The van der Waals surface area contributed by atoms with Crippen molar-refractivity contribution < 1.29 is 0 Å². The van der Waals surface area contributed by atoms with Gasteiger partial charge >= 0.3 is 0 Å². The molecule has 2 nitrogen and oxygen atoms in total. The molecule has 2 aromatic rings. The van der Waals surface area contributed by atoms with Crippen LogP contribution < -0.4 is 0 Å². The van der Waals surface area contributed by atoms with Crippen LogP contribution in [0.5, 0.6) is 0 Å². The Bertz CT molecular complexity index is 828. The van der Waals surface area contributed by atoms with Gasteiger partial charge in [-0.15, -0.1) is 0 Å². The highest BCUT2D eigenvalue weighted by Gasteiger charge is 2.13. The van der Waals surface area contributed by atoms with Gasteiger partial charge in [0.15, 0.2) is 0 Å². The number of hydrogen-bond acceptors (Lipinski definition) is 2. The summed E-state index contributed by atoms with van der Waals surface area (Å²) in [6.07, 6.45) is 0.788. The molecule has 28 heavy (non-hydrogen) atoms. The highest BCUT2D eigenvalue weighted by molar-refractivity contribution is 6.04. The van der Waals surface area contributed by atoms with E-state index in [4.69, 9.17) is 9.98 Å². The Morgan fingerprint density at radius 2 is 1.11 bits per heavy atom. The van der Waals surface area contributed by atoms with Crippen molar-refractivity contribution in [2.24, 2.45) is 9.98 Å². The van der Waals surface area contributed by atoms with Gasteiger partial charge in [0.25, 0.3) is 0 Å². The van der Waals surface area contributed by atoms with E-state index in [0.717, 1.165) is 29.2 Å². The van der Waals surface area contributed by atoms with Crippen LogP contribution in [0.25, 0.3) is 0 Å². The molecule has 0 N–H and O–H groups in total. The van der Waals surface area contributed by atoms with Gasteiger partial charge in [-0.05, 0) is 54.4 Å². The van der Waals surface area contributed by atoms with Crippen molar-refractivity contribution in [3.63, 3.8) is 0 Å². The van der Waals surface area contributed by atoms with Crippen LogP contribution in [0.1, 0.15) is 96.3 Å². The van der Waals surface area contributed by atoms with Gasteiger partial charge in [-0.3, -0.25) is 9.98 Å². The average molecular weight is 377 g/mol. The number of hydrogen-bond donors (Lipinski definition) is 0. The summed E-state index contributed by atoms with van der Waals surface area (Å²) < 4.78 is 0. The molecule has 2 heteroatoms. The zero-order chi connectivity index (χ0) is 20.8. The molecular weight excluding hydrogens is 340 g/mol. The van der Waals surface area contributed by atoms with Crippen LogP contribution >= 0.6 is 0 Å². The maximum atomic E-state index is 5.08. The molecule has 0 bridgehead atoms.